The molecule has 0 radical (unpaired) electrons. The summed E-state index contributed by atoms with van der Waals surface area (Å²) in [4.78, 5) is 13.9. The molecule has 2 unspecified atom stereocenters. The molecular formula is C14H27N3O. The van der Waals surface area contributed by atoms with Gasteiger partial charge < -0.3 is 16.4 Å². The van der Waals surface area contributed by atoms with Crippen LogP contribution < -0.4 is 11.5 Å². The Morgan fingerprint density at radius 1 is 1.33 bits per heavy atom. The molecule has 1 heterocycles. The van der Waals surface area contributed by atoms with Crippen LogP contribution in [0.3, 0.4) is 0 Å². The number of carbonyl (C=O) groups is 1. The molecule has 1 saturated heterocycles. The fourth-order valence-corrected chi connectivity index (χ4v) is 3.37. The second-order valence-corrected chi connectivity index (χ2v) is 6.62. The number of primary amides is 1. The van der Waals surface area contributed by atoms with Crippen molar-refractivity contribution in [2.45, 2.75) is 64.0 Å². The topological polar surface area (TPSA) is 72.3 Å². The lowest BCUT2D eigenvalue weighted by atomic mass is 9.78. The highest BCUT2D eigenvalue weighted by molar-refractivity contribution is 5.84. The van der Waals surface area contributed by atoms with Crippen molar-refractivity contribution in [3.05, 3.63) is 0 Å². The summed E-state index contributed by atoms with van der Waals surface area (Å²) in [5.41, 5.74) is 11.2. The van der Waals surface area contributed by atoms with Crippen molar-refractivity contribution in [3.8, 4) is 0 Å². The minimum Gasteiger partial charge on any atom is -0.368 e. The number of carbonyl (C=O) groups excluding carboxylic acids is 1. The minimum atomic E-state index is -0.754. The van der Waals surface area contributed by atoms with Crippen LogP contribution in [0.25, 0.3) is 0 Å². The third-order valence-corrected chi connectivity index (χ3v) is 5.39. The molecule has 1 saturated carbocycles. The number of amides is 1. The van der Waals surface area contributed by atoms with Gasteiger partial charge in [0.2, 0.25) is 5.91 Å². The van der Waals surface area contributed by atoms with Gasteiger partial charge in [0.15, 0.2) is 0 Å². The Labute approximate surface area is 110 Å². The fourth-order valence-electron chi connectivity index (χ4n) is 3.37. The van der Waals surface area contributed by atoms with E-state index in [1.54, 1.807) is 0 Å². The van der Waals surface area contributed by atoms with E-state index in [4.69, 9.17) is 11.5 Å². The van der Waals surface area contributed by atoms with E-state index >= 15 is 0 Å². The third kappa shape index (κ3) is 2.54. The maximum atomic E-state index is 11.4. The number of hydrogen-bond acceptors (Lipinski definition) is 3. The van der Waals surface area contributed by atoms with Gasteiger partial charge in [-0.2, -0.15) is 0 Å². The van der Waals surface area contributed by atoms with Gasteiger partial charge in [-0.25, -0.2) is 0 Å². The number of rotatable bonds is 3. The summed E-state index contributed by atoms with van der Waals surface area (Å²) in [5.74, 6) is -0.333. The highest BCUT2D eigenvalue weighted by Crippen LogP contribution is 2.38. The Morgan fingerprint density at radius 2 is 1.94 bits per heavy atom. The molecule has 0 bridgehead atoms. The van der Waals surface area contributed by atoms with Crippen LogP contribution in [0.15, 0.2) is 0 Å². The van der Waals surface area contributed by atoms with Crippen LogP contribution in [-0.2, 0) is 4.79 Å². The summed E-state index contributed by atoms with van der Waals surface area (Å²) >= 11 is 0. The molecule has 18 heavy (non-hydrogen) atoms. The second kappa shape index (κ2) is 4.82. The first-order valence-corrected chi connectivity index (χ1v) is 7.21. The van der Waals surface area contributed by atoms with Crippen LogP contribution in [0.2, 0.25) is 0 Å². The lowest BCUT2D eigenvalue weighted by molar-refractivity contribution is -0.123. The van der Waals surface area contributed by atoms with Crippen LogP contribution in [-0.4, -0.2) is 35.5 Å². The summed E-state index contributed by atoms with van der Waals surface area (Å²) < 4.78 is 0. The zero-order chi connectivity index (χ0) is 13.4. The van der Waals surface area contributed by atoms with Gasteiger partial charge in [0.25, 0.3) is 0 Å². The summed E-state index contributed by atoms with van der Waals surface area (Å²) in [6.07, 6.45) is 6.28. The van der Waals surface area contributed by atoms with Crippen LogP contribution in [0, 0.1) is 5.41 Å². The molecule has 2 atom stereocenters. The molecule has 4 N–H and O–H groups in total. The molecule has 0 aromatic carbocycles. The van der Waals surface area contributed by atoms with Crippen molar-refractivity contribution in [2.75, 3.05) is 13.1 Å². The Kier molecular flexibility index (Phi) is 3.70. The van der Waals surface area contributed by atoms with Crippen molar-refractivity contribution in [2.24, 2.45) is 16.9 Å². The van der Waals surface area contributed by atoms with Crippen molar-refractivity contribution in [3.63, 3.8) is 0 Å². The van der Waals surface area contributed by atoms with Gasteiger partial charge >= 0.3 is 0 Å². The maximum absolute atomic E-state index is 11.4. The van der Waals surface area contributed by atoms with Gasteiger partial charge in [-0.3, -0.25) is 4.79 Å². The van der Waals surface area contributed by atoms with E-state index in [1.807, 2.05) is 0 Å². The lowest BCUT2D eigenvalue weighted by Gasteiger charge is -2.41. The quantitative estimate of drug-likeness (QED) is 0.794. The van der Waals surface area contributed by atoms with Gasteiger partial charge in [-0.1, -0.05) is 20.3 Å². The van der Waals surface area contributed by atoms with Gasteiger partial charge in [0.1, 0.15) is 0 Å². The van der Waals surface area contributed by atoms with Crippen LogP contribution >= 0.6 is 0 Å². The molecule has 0 aromatic rings. The molecule has 4 nitrogen and oxygen atoms in total. The zero-order valence-electron chi connectivity index (χ0n) is 11.7. The summed E-state index contributed by atoms with van der Waals surface area (Å²) in [6, 6.07) is 0.462. The lowest BCUT2D eigenvalue weighted by Crippen LogP contribution is -2.52. The SMILES string of the molecule is CCC1(C)CCN(C2CCC(N)(C(N)=O)C2)CC1. The Balaban J connectivity index is 1.91. The van der Waals surface area contributed by atoms with Crippen molar-refractivity contribution in [1.82, 2.24) is 4.90 Å². The van der Waals surface area contributed by atoms with Crippen molar-refractivity contribution < 1.29 is 4.79 Å². The standard InChI is InChI=1S/C14H27N3O/c1-3-13(2)6-8-17(9-7-13)11-4-5-14(16,10-11)12(15)18/h11H,3-10,16H2,1-2H3,(H2,15,18). The highest BCUT2D eigenvalue weighted by atomic mass is 16.1. The van der Waals surface area contributed by atoms with Gasteiger partial charge in [-0.15, -0.1) is 0 Å². The molecule has 2 aliphatic rings. The van der Waals surface area contributed by atoms with Crippen molar-refractivity contribution >= 4 is 5.91 Å². The molecule has 1 amide bonds. The molecule has 0 spiro atoms. The smallest absolute Gasteiger partial charge is 0.237 e. The van der Waals surface area contributed by atoms with Gasteiger partial charge in [0, 0.05) is 6.04 Å². The molecule has 2 fully saturated rings. The van der Waals surface area contributed by atoms with E-state index in [9.17, 15) is 4.79 Å². The number of likely N-dealkylation sites (tertiary alicyclic amines) is 1. The Hall–Kier alpha value is -0.610. The first-order valence-electron chi connectivity index (χ1n) is 7.21. The second-order valence-electron chi connectivity index (χ2n) is 6.62. The molecule has 1 aliphatic heterocycles. The summed E-state index contributed by atoms with van der Waals surface area (Å²) in [5, 5.41) is 0. The maximum Gasteiger partial charge on any atom is 0.237 e. The number of nitrogens with zero attached hydrogens (tertiary/aromatic N) is 1. The van der Waals surface area contributed by atoms with Gasteiger partial charge in [-0.05, 0) is 50.6 Å². The molecule has 1 aliphatic carbocycles. The Morgan fingerprint density at radius 3 is 2.39 bits per heavy atom. The Bertz CT molecular complexity index is 323. The van der Waals surface area contributed by atoms with Gasteiger partial charge in [0.05, 0.1) is 5.54 Å². The molecule has 0 aromatic heterocycles. The average Bonchev–Trinajstić information content (AvgIpc) is 2.74. The van der Waals surface area contributed by atoms with Crippen LogP contribution in [0.5, 0.6) is 0 Å². The van der Waals surface area contributed by atoms with Crippen molar-refractivity contribution in [1.29, 1.82) is 0 Å². The molecule has 4 heteroatoms. The van der Waals surface area contributed by atoms with Crippen LogP contribution in [0.1, 0.15) is 52.4 Å². The van der Waals surface area contributed by atoms with E-state index in [0.29, 0.717) is 11.5 Å². The largest absolute Gasteiger partial charge is 0.368 e. The van der Waals surface area contributed by atoms with E-state index in [2.05, 4.69) is 18.7 Å². The normalized spacial score (nSPS) is 36.7. The van der Waals surface area contributed by atoms with E-state index in [1.165, 1.54) is 19.3 Å². The van der Waals surface area contributed by atoms with Crippen LogP contribution in [0.4, 0.5) is 0 Å². The highest BCUT2D eigenvalue weighted by Gasteiger charge is 2.43. The predicted molar refractivity (Wildman–Crippen MR) is 73.0 cm³/mol. The molecule has 2 rings (SSSR count). The zero-order valence-corrected chi connectivity index (χ0v) is 11.7. The number of piperidine rings is 1. The number of hydrogen-bond donors (Lipinski definition) is 2. The molecular weight excluding hydrogens is 226 g/mol. The van der Waals surface area contributed by atoms with E-state index in [0.717, 1.165) is 32.4 Å². The third-order valence-electron chi connectivity index (χ3n) is 5.39. The monoisotopic (exact) mass is 253 g/mol. The first kappa shape index (κ1) is 13.8. The predicted octanol–water partition coefficient (Wildman–Crippen LogP) is 1.23. The molecule has 104 valence electrons. The minimum absolute atomic E-state index is 0.333. The summed E-state index contributed by atoms with van der Waals surface area (Å²) in [7, 11) is 0. The number of nitrogens with two attached hydrogens (primary N) is 2. The summed E-state index contributed by atoms with van der Waals surface area (Å²) in [6.45, 7) is 6.95. The first-order chi connectivity index (χ1) is 8.38. The fraction of sp³-hybridized carbons (Fsp3) is 0.929. The van der Waals surface area contributed by atoms with E-state index in [-0.39, 0.29) is 5.91 Å². The van der Waals surface area contributed by atoms with E-state index < -0.39 is 5.54 Å². The average molecular weight is 253 g/mol.